The van der Waals surface area contributed by atoms with Crippen molar-refractivity contribution >= 4 is 5.91 Å². The SMILES string of the molecule is CCCN1CCC(NC(=O)CNC(C)CC)CC1. The molecule has 1 aliphatic heterocycles. The van der Waals surface area contributed by atoms with Gasteiger partial charge in [-0.1, -0.05) is 13.8 Å². The highest BCUT2D eigenvalue weighted by Gasteiger charge is 2.19. The van der Waals surface area contributed by atoms with Crippen LogP contribution in [0, 0.1) is 0 Å². The van der Waals surface area contributed by atoms with E-state index in [2.05, 4.69) is 36.3 Å². The van der Waals surface area contributed by atoms with Crippen molar-refractivity contribution in [2.75, 3.05) is 26.2 Å². The predicted octanol–water partition coefficient (Wildman–Crippen LogP) is 1.37. The third-order valence-corrected chi connectivity index (χ3v) is 3.72. The van der Waals surface area contributed by atoms with E-state index < -0.39 is 0 Å². The van der Waals surface area contributed by atoms with E-state index >= 15 is 0 Å². The van der Waals surface area contributed by atoms with Crippen LogP contribution >= 0.6 is 0 Å². The molecule has 1 heterocycles. The zero-order valence-corrected chi connectivity index (χ0v) is 12.2. The molecule has 1 amide bonds. The highest BCUT2D eigenvalue weighted by Crippen LogP contribution is 2.10. The van der Waals surface area contributed by atoms with Crippen LogP contribution in [0.15, 0.2) is 0 Å². The lowest BCUT2D eigenvalue weighted by atomic mass is 10.0. The van der Waals surface area contributed by atoms with Crippen LogP contribution in [0.2, 0.25) is 0 Å². The van der Waals surface area contributed by atoms with Gasteiger partial charge in [0.2, 0.25) is 5.91 Å². The molecule has 0 aromatic rings. The van der Waals surface area contributed by atoms with Crippen LogP contribution in [-0.2, 0) is 4.79 Å². The Labute approximate surface area is 111 Å². The molecular formula is C14H29N3O. The van der Waals surface area contributed by atoms with Crippen molar-refractivity contribution < 1.29 is 4.79 Å². The molecule has 0 radical (unpaired) electrons. The lowest BCUT2D eigenvalue weighted by molar-refractivity contribution is -0.121. The number of carbonyl (C=O) groups is 1. The molecule has 1 fully saturated rings. The Balaban J connectivity index is 2.14. The van der Waals surface area contributed by atoms with Crippen molar-refractivity contribution in [1.82, 2.24) is 15.5 Å². The van der Waals surface area contributed by atoms with Crippen LogP contribution in [0.1, 0.15) is 46.5 Å². The van der Waals surface area contributed by atoms with Gasteiger partial charge in [0.05, 0.1) is 6.54 Å². The molecule has 4 nitrogen and oxygen atoms in total. The summed E-state index contributed by atoms with van der Waals surface area (Å²) in [6, 6.07) is 0.798. The van der Waals surface area contributed by atoms with E-state index in [1.54, 1.807) is 0 Å². The Bertz CT molecular complexity index is 237. The first kappa shape index (κ1) is 15.4. The second-order valence-corrected chi connectivity index (χ2v) is 5.37. The van der Waals surface area contributed by atoms with Crippen LogP contribution in [0.5, 0.6) is 0 Å². The second-order valence-electron chi connectivity index (χ2n) is 5.37. The van der Waals surface area contributed by atoms with Crippen LogP contribution < -0.4 is 10.6 Å². The van der Waals surface area contributed by atoms with E-state index in [1.807, 2.05) is 0 Å². The van der Waals surface area contributed by atoms with E-state index in [4.69, 9.17) is 0 Å². The van der Waals surface area contributed by atoms with E-state index in [1.165, 1.54) is 13.0 Å². The summed E-state index contributed by atoms with van der Waals surface area (Å²) in [7, 11) is 0. The minimum absolute atomic E-state index is 0.143. The first-order valence-corrected chi connectivity index (χ1v) is 7.40. The van der Waals surface area contributed by atoms with E-state index in [0.29, 0.717) is 18.6 Å². The predicted molar refractivity (Wildman–Crippen MR) is 75.7 cm³/mol. The van der Waals surface area contributed by atoms with Gasteiger partial charge in [-0.2, -0.15) is 0 Å². The Morgan fingerprint density at radius 1 is 1.33 bits per heavy atom. The number of piperidine rings is 1. The molecule has 18 heavy (non-hydrogen) atoms. The number of nitrogens with one attached hydrogen (secondary N) is 2. The molecule has 1 rings (SSSR count). The number of hydrogen-bond donors (Lipinski definition) is 2. The Morgan fingerprint density at radius 2 is 2.00 bits per heavy atom. The minimum atomic E-state index is 0.143. The molecule has 2 N–H and O–H groups in total. The zero-order valence-electron chi connectivity index (χ0n) is 12.2. The lowest BCUT2D eigenvalue weighted by Crippen LogP contribution is -2.47. The van der Waals surface area contributed by atoms with Gasteiger partial charge in [-0.3, -0.25) is 4.79 Å². The molecule has 1 unspecified atom stereocenters. The molecule has 1 saturated heterocycles. The van der Waals surface area contributed by atoms with Crippen LogP contribution in [-0.4, -0.2) is 49.1 Å². The van der Waals surface area contributed by atoms with Crippen LogP contribution in [0.3, 0.4) is 0 Å². The maximum absolute atomic E-state index is 11.8. The third-order valence-electron chi connectivity index (χ3n) is 3.72. The van der Waals surface area contributed by atoms with Crippen LogP contribution in [0.4, 0.5) is 0 Å². The van der Waals surface area contributed by atoms with Gasteiger partial charge in [-0.25, -0.2) is 0 Å². The van der Waals surface area contributed by atoms with Gasteiger partial charge in [-0.05, 0) is 39.2 Å². The summed E-state index contributed by atoms with van der Waals surface area (Å²) in [5.74, 6) is 0.143. The number of amides is 1. The van der Waals surface area contributed by atoms with Crippen molar-refractivity contribution in [1.29, 1.82) is 0 Å². The van der Waals surface area contributed by atoms with Crippen molar-refractivity contribution in [2.24, 2.45) is 0 Å². The van der Waals surface area contributed by atoms with Crippen molar-refractivity contribution in [2.45, 2.75) is 58.5 Å². The molecule has 0 aromatic heterocycles. The first-order chi connectivity index (χ1) is 8.65. The highest BCUT2D eigenvalue weighted by molar-refractivity contribution is 5.78. The molecule has 0 saturated carbocycles. The number of carbonyl (C=O) groups excluding carboxylic acids is 1. The number of nitrogens with zero attached hydrogens (tertiary/aromatic N) is 1. The molecular weight excluding hydrogens is 226 g/mol. The molecule has 106 valence electrons. The Morgan fingerprint density at radius 3 is 2.56 bits per heavy atom. The van der Waals surface area contributed by atoms with Gasteiger partial charge in [0.25, 0.3) is 0 Å². The highest BCUT2D eigenvalue weighted by atomic mass is 16.2. The maximum atomic E-state index is 11.8. The Hall–Kier alpha value is -0.610. The van der Waals surface area contributed by atoms with Crippen molar-refractivity contribution in [3.05, 3.63) is 0 Å². The average molecular weight is 255 g/mol. The summed E-state index contributed by atoms with van der Waals surface area (Å²) in [4.78, 5) is 14.2. The van der Waals surface area contributed by atoms with Gasteiger partial charge in [-0.15, -0.1) is 0 Å². The summed E-state index contributed by atoms with van der Waals surface area (Å²) in [5, 5.41) is 6.36. The van der Waals surface area contributed by atoms with Crippen molar-refractivity contribution in [3.8, 4) is 0 Å². The maximum Gasteiger partial charge on any atom is 0.234 e. The monoisotopic (exact) mass is 255 g/mol. The number of rotatable bonds is 7. The quantitative estimate of drug-likeness (QED) is 0.722. The first-order valence-electron chi connectivity index (χ1n) is 7.40. The van der Waals surface area contributed by atoms with Gasteiger partial charge in [0.1, 0.15) is 0 Å². The van der Waals surface area contributed by atoms with E-state index in [9.17, 15) is 4.79 Å². The molecule has 1 aliphatic rings. The molecule has 0 spiro atoms. The van der Waals surface area contributed by atoms with Gasteiger partial charge in [0, 0.05) is 25.2 Å². The summed E-state index contributed by atoms with van der Waals surface area (Å²) < 4.78 is 0. The fourth-order valence-corrected chi connectivity index (χ4v) is 2.31. The largest absolute Gasteiger partial charge is 0.352 e. The van der Waals surface area contributed by atoms with E-state index in [0.717, 1.165) is 32.4 Å². The normalized spacial score (nSPS) is 19.7. The standard InChI is InChI=1S/C14H29N3O/c1-4-8-17-9-6-13(7-10-17)16-14(18)11-15-12(3)5-2/h12-13,15H,4-11H2,1-3H3,(H,16,18). The lowest BCUT2D eigenvalue weighted by Gasteiger charge is -2.32. The molecule has 0 aliphatic carbocycles. The summed E-state index contributed by atoms with van der Waals surface area (Å²) >= 11 is 0. The molecule has 0 bridgehead atoms. The third kappa shape index (κ3) is 5.83. The summed E-state index contributed by atoms with van der Waals surface area (Å²) in [6.07, 6.45) is 4.46. The number of hydrogen-bond acceptors (Lipinski definition) is 3. The number of likely N-dealkylation sites (tertiary alicyclic amines) is 1. The van der Waals surface area contributed by atoms with Gasteiger partial charge >= 0.3 is 0 Å². The Kier molecular flexibility index (Phi) is 7.28. The molecule has 1 atom stereocenters. The topological polar surface area (TPSA) is 44.4 Å². The second kappa shape index (κ2) is 8.48. The molecule has 0 aromatic carbocycles. The minimum Gasteiger partial charge on any atom is -0.352 e. The van der Waals surface area contributed by atoms with Crippen LogP contribution in [0.25, 0.3) is 0 Å². The fourth-order valence-electron chi connectivity index (χ4n) is 2.31. The molecule has 4 heteroatoms. The van der Waals surface area contributed by atoms with E-state index in [-0.39, 0.29) is 5.91 Å². The fraction of sp³-hybridized carbons (Fsp3) is 0.929. The van der Waals surface area contributed by atoms with Gasteiger partial charge in [0.15, 0.2) is 0 Å². The summed E-state index contributed by atoms with van der Waals surface area (Å²) in [6.45, 7) is 10.3. The average Bonchev–Trinajstić information content (AvgIpc) is 2.38. The summed E-state index contributed by atoms with van der Waals surface area (Å²) in [5.41, 5.74) is 0. The smallest absolute Gasteiger partial charge is 0.234 e. The zero-order chi connectivity index (χ0) is 13.4. The van der Waals surface area contributed by atoms with Crippen molar-refractivity contribution in [3.63, 3.8) is 0 Å². The van der Waals surface area contributed by atoms with Gasteiger partial charge < -0.3 is 15.5 Å².